The van der Waals surface area contributed by atoms with E-state index in [1.54, 1.807) is 4.90 Å². The maximum atomic E-state index is 14.4. The number of carbonyl (C=O) groups excluding carboxylic acids is 5. The summed E-state index contributed by atoms with van der Waals surface area (Å²) in [5.41, 5.74) is -1.32. The van der Waals surface area contributed by atoms with E-state index in [9.17, 15) is 32.4 Å². The molecule has 2 unspecified atom stereocenters. The molecule has 1 aliphatic heterocycles. The molecule has 0 aromatic heterocycles. The minimum absolute atomic E-state index is 0.0147. The van der Waals surface area contributed by atoms with Crippen molar-refractivity contribution in [2.75, 3.05) is 18.6 Å². The van der Waals surface area contributed by atoms with Gasteiger partial charge in [-0.05, 0) is 53.8 Å². The molecule has 9 heteroatoms. The number of amides is 1. The Morgan fingerprint density at radius 1 is 1.02 bits per heavy atom. The van der Waals surface area contributed by atoms with Crippen molar-refractivity contribution in [2.45, 2.75) is 131 Å². The zero-order valence-corrected chi connectivity index (χ0v) is 30.1. The number of hydrogen-bond donors (Lipinski definition) is 0. The third-order valence-electron chi connectivity index (χ3n) is 11.1. The number of fused-ring (bicyclic) bond motifs is 1. The molecule has 2 saturated carbocycles. The fourth-order valence-electron chi connectivity index (χ4n) is 8.43. The minimum Gasteiger partial charge on any atom is -0.332 e. The summed E-state index contributed by atoms with van der Waals surface area (Å²) in [5, 5.41) is 0. The summed E-state index contributed by atoms with van der Waals surface area (Å²) >= 11 is 0. The van der Waals surface area contributed by atoms with Crippen LogP contribution >= 0.6 is 0 Å². The summed E-state index contributed by atoms with van der Waals surface area (Å²) in [6.45, 7) is 12.3. The number of terminal acetylenes is 1. The van der Waals surface area contributed by atoms with Crippen molar-refractivity contribution in [3.8, 4) is 12.3 Å². The van der Waals surface area contributed by atoms with Crippen LogP contribution < -0.4 is 0 Å². The van der Waals surface area contributed by atoms with Crippen molar-refractivity contribution in [2.24, 2.45) is 39.9 Å². The van der Waals surface area contributed by atoms with Crippen LogP contribution in [0.1, 0.15) is 125 Å². The van der Waals surface area contributed by atoms with E-state index in [-0.39, 0.29) is 79.0 Å². The van der Waals surface area contributed by atoms with Gasteiger partial charge in [0.1, 0.15) is 15.6 Å². The van der Waals surface area contributed by atoms with Gasteiger partial charge in [-0.25, -0.2) is 8.42 Å². The van der Waals surface area contributed by atoms with Gasteiger partial charge in [0, 0.05) is 56.7 Å². The number of sulfone groups is 1. The molecule has 8 nitrogen and oxygen atoms in total. The fourth-order valence-corrected chi connectivity index (χ4v) is 9.93. The lowest BCUT2D eigenvalue weighted by Gasteiger charge is -2.39. The van der Waals surface area contributed by atoms with Crippen LogP contribution in [0.5, 0.6) is 0 Å². The maximum Gasteiger partial charge on any atom is 0.227 e. The van der Waals surface area contributed by atoms with Crippen LogP contribution in [0.2, 0.25) is 0 Å². The van der Waals surface area contributed by atoms with Crippen LogP contribution in [0.3, 0.4) is 0 Å². The maximum absolute atomic E-state index is 14.4. The molecule has 0 aromatic rings. The summed E-state index contributed by atoms with van der Waals surface area (Å²) in [6, 6.07) is -0.728. The topological polar surface area (TPSA) is 123 Å². The molecular weight excluding hydrogens is 602 g/mol. The van der Waals surface area contributed by atoms with Gasteiger partial charge in [-0.2, -0.15) is 0 Å². The summed E-state index contributed by atoms with van der Waals surface area (Å²) in [7, 11) is -3.30. The molecule has 3 rings (SSSR count). The Morgan fingerprint density at radius 2 is 1.65 bits per heavy atom. The first-order chi connectivity index (χ1) is 21.3. The lowest BCUT2D eigenvalue weighted by atomic mass is 9.70. The van der Waals surface area contributed by atoms with Gasteiger partial charge in [0.05, 0.1) is 11.8 Å². The normalized spacial score (nSPS) is 24.7. The molecule has 46 heavy (non-hydrogen) atoms. The van der Waals surface area contributed by atoms with Crippen molar-refractivity contribution >= 4 is 38.9 Å². The number of rotatable bonds is 17. The second-order valence-corrected chi connectivity index (χ2v) is 18.5. The van der Waals surface area contributed by atoms with E-state index in [0.29, 0.717) is 25.8 Å². The summed E-state index contributed by atoms with van der Waals surface area (Å²) < 4.78 is 24.7. The first-order valence-corrected chi connectivity index (χ1v) is 19.4. The average Bonchev–Trinajstić information content (AvgIpc) is 3.26. The van der Waals surface area contributed by atoms with Crippen molar-refractivity contribution in [1.29, 1.82) is 0 Å². The molecule has 3 fully saturated rings. The van der Waals surface area contributed by atoms with E-state index < -0.39 is 50.1 Å². The van der Waals surface area contributed by atoms with Gasteiger partial charge in [-0.15, -0.1) is 12.3 Å². The third-order valence-corrected chi connectivity index (χ3v) is 12.3. The smallest absolute Gasteiger partial charge is 0.227 e. The van der Waals surface area contributed by atoms with Gasteiger partial charge in [-0.3, -0.25) is 24.0 Å². The van der Waals surface area contributed by atoms with E-state index in [1.807, 2.05) is 27.7 Å². The van der Waals surface area contributed by atoms with Crippen molar-refractivity contribution in [1.82, 2.24) is 4.90 Å². The van der Waals surface area contributed by atoms with Gasteiger partial charge < -0.3 is 4.90 Å². The van der Waals surface area contributed by atoms with Crippen LogP contribution in [0.25, 0.3) is 0 Å². The molecule has 1 heterocycles. The highest BCUT2D eigenvalue weighted by atomic mass is 32.2. The molecule has 0 N–H and O–H groups in total. The molecule has 5 atom stereocenters. The third kappa shape index (κ3) is 9.17. The molecule has 2 aliphatic carbocycles. The summed E-state index contributed by atoms with van der Waals surface area (Å²) in [6.07, 6.45) is 12.9. The Labute approximate surface area is 277 Å². The molecule has 1 amide bonds. The first-order valence-electron chi connectivity index (χ1n) is 17.3. The van der Waals surface area contributed by atoms with Crippen molar-refractivity contribution in [3.63, 3.8) is 0 Å². The Bertz CT molecular complexity index is 1330. The van der Waals surface area contributed by atoms with Crippen molar-refractivity contribution < 1.29 is 32.4 Å². The van der Waals surface area contributed by atoms with Crippen LogP contribution in [-0.4, -0.2) is 67.0 Å². The summed E-state index contributed by atoms with van der Waals surface area (Å²) in [4.78, 5) is 69.7. The largest absolute Gasteiger partial charge is 0.332 e. The Hall–Kier alpha value is -2.34. The minimum atomic E-state index is -3.30. The van der Waals surface area contributed by atoms with Crippen molar-refractivity contribution in [3.05, 3.63) is 0 Å². The molecule has 3 aliphatic rings. The van der Waals surface area contributed by atoms with Crippen LogP contribution in [0.4, 0.5) is 0 Å². The predicted molar refractivity (Wildman–Crippen MR) is 179 cm³/mol. The molecule has 0 radical (unpaired) electrons. The van der Waals surface area contributed by atoms with Crippen LogP contribution in [0.15, 0.2) is 0 Å². The van der Waals surface area contributed by atoms with Gasteiger partial charge in [-0.1, -0.05) is 67.2 Å². The average molecular weight is 660 g/mol. The number of ketones is 4. The lowest BCUT2D eigenvalue weighted by Crippen LogP contribution is -2.51. The number of likely N-dealkylation sites (tertiary alicyclic amines) is 1. The number of hydrogen-bond acceptors (Lipinski definition) is 7. The number of nitrogens with zero attached hydrogens (tertiary/aromatic N) is 1. The molecule has 0 bridgehead atoms. The number of piperidine rings is 1. The Balaban J connectivity index is 1.84. The second kappa shape index (κ2) is 14.8. The van der Waals surface area contributed by atoms with Gasteiger partial charge in [0.15, 0.2) is 11.6 Å². The second-order valence-electron chi connectivity index (χ2n) is 16.4. The highest BCUT2D eigenvalue weighted by Gasteiger charge is 2.69. The van der Waals surface area contributed by atoms with Crippen LogP contribution in [0, 0.1) is 52.3 Å². The fraction of sp³-hybridized carbons (Fsp3) is 0.811. The van der Waals surface area contributed by atoms with Gasteiger partial charge in [0.2, 0.25) is 11.7 Å². The van der Waals surface area contributed by atoms with Gasteiger partial charge in [0.25, 0.3) is 0 Å². The lowest BCUT2D eigenvalue weighted by molar-refractivity contribution is -0.148. The number of Topliss-reactive ketones (excluding diaryl/α,β-unsaturated/α-hetero) is 4. The quantitative estimate of drug-likeness (QED) is 0.143. The Kier molecular flexibility index (Phi) is 12.3. The molecule has 258 valence electrons. The highest BCUT2D eigenvalue weighted by molar-refractivity contribution is 7.90. The SMILES string of the molecule is C#CCCC(CC(=O)[C@@H]1[C@@H]2C(CN1C(=O)[C@@H](CC(=O)CC1(CS(C)(=O)=O)CCCCC1)C(C)(C)C)C2(C)C)C(=O)C(=O)CCCC. The van der Waals surface area contributed by atoms with E-state index in [0.717, 1.165) is 25.7 Å². The monoisotopic (exact) mass is 659 g/mol. The zero-order valence-electron chi connectivity index (χ0n) is 29.3. The van der Waals surface area contributed by atoms with Gasteiger partial charge >= 0.3 is 0 Å². The molecule has 0 spiro atoms. The molecular formula is C37H57NO7S. The number of unbranched alkanes of at least 4 members (excludes halogenated alkanes) is 1. The van der Waals surface area contributed by atoms with Crippen LogP contribution in [-0.2, 0) is 33.8 Å². The first kappa shape index (κ1) is 38.1. The Morgan fingerprint density at radius 3 is 2.20 bits per heavy atom. The number of carbonyl (C=O) groups is 5. The summed E-state index contributed by atoms with van der Waals surface area (Å²) in [5.74, 6) is -0.534. The predicted octanol–water partition coefficient (Wildman–Crippen LogP) is 5.79. The molecule has 0 aromatic carbocycles. The van der Waals surface area contributed by atoms with E-state index in [4.69, 9.17) is 6.42 Å². The van der Waals surface area contributed by atoms with E-state index in [1.165, 1.54) is 6.26 Å². The van der Waals surface area contributed by atoms with E-state index in [2.05, 4.69) is 19.8 Å². The molecule has 1 saturated heterocycles. The highest BCUT2D eigenvalue weighted by Crippen LogP contribution is 2.65. The standard InChI is InChI=1S/C37H57NO7S/c1-9-11-16-25(33(42)29(40)17-12-10-2)20-30(41)32-31-28(36(31,6)7)23-38(32)34(43)27(35(3,4)5)21-26(39)22-37(24-46(8,44)45)18-14-13-15-19-37/h1,25,27-28,31-32H,10-24H2,2-8H3/t25?,27-,28?,31+,32-/m1/s1. The zero-order chi connectivity index (χ0) is 34.7. The van der Waals surface area contributed by atoms with E-state index >= 15 is 0 Å².